The molecule has 0 aromatic heterocycles. The average molecular weight is 244 g/mol. The topological polar surface area (TPSA) is 64.3 Å². The molecule has 1 aromatic carbocycles. The molecule has 0 saturated heterocycles. The molecule has 94 valence electrons. The highest BCUT2D eigenvalue weighted by molar-refractivity contribution is 5.95. The third-order valence-electron chi connectivity index (χ3n) is 2.14. The largest absolute Gasteiger partial charge is 0.396 e. The van der Waals surface area contributed by atoms with Gasteiger partial charge >= 0.3 is 0 Å². The number of rotatable bonds is 4. The van der Waals surface area contributed by atoms with Crippen LogP contribution in [0.5, 0.6) is 0 Å². The molecule has 0 aliphatic heterocycles. The van der Waals surface area contributed by atoms with Crippen LogP contribution in [0.3, 0.4) is 0 Å². The van der Waals surface area contributed by atoms with E-state index >= 15 is 0 Å². The van der Waals surface area contributed by atoms with E-state index in [0.717, 1.165) is 12.1 Å². The molecule has 0 radical (unpaired) electrons. The van der Waals surface area contributed by atoms with E-state index in [1.54, 1.807) is 6.92 Å². The van der Waals surface area contributed by atoms with Gasteiger partial charge < -0.3 is 15.8 Å². The zero-order chi connectivity index (χ0) is 13.0. The zero-order valence-electron chi connectivity index (χ0n) is 9.59. The Kier molecular flexibility index (Phi) is 4.39. The summed E-state index contributed by atoms with van der Waals surface area (Å²) in [5.41, 5.74) is 4.33. The van der Waals surface area contributed by atoms with Crippen LogP contribution in [-0.2, 0) is 4.74 Å². The van der Waals surface area contributed by atoms with Crippen molar-refractivity contribution in [3.63, 3.8) is 0 Å². The number of hydrogen-bond acceptors (Lipinski definition) is 3. The van der Waals surface area contributed by atoms with Crippen LogP contribution in [0, 0.1) is 11.6 Å². The van der Waals surface area contributed by atoms with Crippen LogP contribution in [0.15, 0.2) is 12.1 Å². The lowest BCUT2D eigenvalue weighted by Crippen LogP contribution is -2.36. The Balaban J connectivity index is 2.93. The van der Waals surface area contributed by atoms with Crippen LogP contribution in [0.1, 0.15) is 17.3 Å². The molecular weight excluding hydrogens is 230 g/mol. The number of benzene rings is 1. The standard InChI is InChI=1S/C11H14F2N2O2/c1-6(5-17-2)15-11(16)9-7(12)3-4-8(14)10(9)13/h3-4,6H,5,14H2,1-2H3,(H,15,16). The second kappa shape index (κ2) is 5.58. The van der Waals surface area contributed by atoms with E-state index < -0.39 is 23.1 Å². The molecule has 4 nitrogen and oxygen atoms in total. The van der Waals surface area contributed by atoms with Gasteiger partial charge in [0.05, 0.1) is 12.3 Å². The molecule has 1 unspecified atom stereocenters. The number of hydrogen-bond donors (Lipinski definition) is 2. The van der Waals surface area contributed by atoms with Crippen molar-refractivity contribution in [2.75, 3.05) is 19.5 Å². The molecule has 1 amide bonds. The van der Waals surface area contributed by atoms with Crippen molar-refractivity contribution in [3.8, 4) is 0 Å². The van der Waals surface area contributed by atoms with Gasteiger partial charge in [0.25, 0.3) is 5.91 Å². The van der Waals surface area contributed by atoms with E-state index in [-0.39, 0.29) is 18.3 Å². The molecule has 1 rings (SSSR count). The van der Waals surface area contributed by atoms with Crippen molar-refractivity contribution in [2.24, 2.45) is 0 Å². The van der Waals surface area contributed by atoms with E-state index in [1.165, 1.54) is 7.11 Å². The number of methoxy groups -OCH3 is 1. The molecule has 6 heteroatoms. The van der Waals surface area contributed by atoms with Gasteiger partial charge in [-0.15, -0.1) is 0 Å². The van der Waals surface area contributed by atoms with E-state index in [2.05, 4.69) is 5.32 Å². The van der Waals surface area contributed by atoms with E-state index in [9.17, 15) is 13.6 Å². The molecule has 0 fully saturated rings. The minimum atomic E-state index is -1.05. The fourth-order valence-electron chi connectivity index (χ4n) is 1.36. The maximum absolute atomic E-state index is 13.5. The van der Waals surface area contributed by atoms with Crippen LogP contribution < -0.4 is 11.1 Å². The number of amides is 1. The summed E-state index contributed by atoms with van der Waals surface area (Å²) in [5, 5.41) is 2.41. The number of carbonyl (C=O) groups excluding carboxylic acids is 1. The number of ether oxygens (including phenoxy) is 1. The van der Waals surface area contributed by atoms with Gasteiger partial charge in [0, 0.05) is 13.2 Å². The molecule has 0 aliphatic carbocycles. The molecule has 0 aliphatic rings. The lowest BCUT2D eigenvalue weighted by molar-refractivity contribution is 0.0897. The van der Waals surface area contributed by atoms with Crippen LogP contribution in [0.4, 0.5) is 14.5 Å². The van der Waals surface area contributed by atoms with Gasteiger partial charge in [-0.2, -0.15) is 0 Å². The van der Waals surface area contributed by atoms with Crippen molar-refractivity contribution in [3.05, 3.63) is 29.3 Å². The Morgan fingerprint density at radius 3 is 2.76 bits per heavy atom. The Morgan fingerprint density at radius 1 is 1.53 bits per heavy atom. The first-order chi connectivity index (χ1) is 7.97. The van der Waals surface area contributed by atoms with Crippen molar-refractivity contribution in [1.29, 1.82) is 0 Å². The Hall–Kier alpha value is -1.69. The molecule has 0 saturated carbocycles. The predicted octanol–water partition coefficient (Wildman–Crippen LogP) is 1.31. The number of nitrogen functional groups attached to an aromatic ring is 1. The second-order valence-electron chi connectivity index (χ2n) is 3.66. The Labute approximate surface area is 97.8 Å². The maximum Gasteiger partial charge on any atom is 0.257 e. The summed E-state index contributed by atoms with van der Waals surface area (Å²) < 4.78 is 31.6. The van der Waals surface area contributed by atoms with Crippen LogP contribution >= 0.6 is 0 Å². The highest BCUT2D eigenvalue weighted by Crippen LogP contribution is 2.18. The normalized spacial score (nSPS) is 12.2. The van der Waals surface area contributed by atoms with Gasteiger partial charge in [0.15, 0.2) is 5.82 Å². The van der Waals surface area contributed by atoms with Crippen molar-refractivity contribution >= 4 is 11.6 Å². The van der Waals surface area contributed by atoms with Gasteiger partial charge in [-0.3, -0.25) is 4.79 Å². The lowest BCUT2D eigenvalue weighted by Gasteiger charge is -2.13. The molecule has 17 heavy (non-hydrogen) atoms. The summed E-state index contributed by atoms with van der Waals surface area (Å²) >= 11 is 0. The second-order valence-corrected chi connectivity index (χ2v) is 3.66. The van der Waals surface area contributed by atoms with Crippen LogP contribution in [0.2, 0.25) is 0 Å². The lowest BCUT2D eigenvalue weighted by atomic mass is 10.1. The first-order valence-electron chi connectivity index (χ1n) is 5.00. The summed E-state index contributed by atoms with van der Waals surface area (Å²) in [7, 11) is 1.46. The fraction of sp³-hybridized carbons (Fsp3) is 0.364. The van der Waals surface area contributed by atoms with E-state index in [1.807, 2.05) is 0 Å². The molecule has 3 N–H and O–H groups in total. The Bertz CT molecular complexity index is 424. The van der Waals surface area contributed by atoms with Crippen molar-refractivity contribution in [1.82, 2.24) is 5.32 Å². The molecule has 1 aromatic rings. The first-order valence-corrected chi connectivity index (χ1v) is 5.00. The van der Waals surface area contributed by atoms with Gasteiger partial charge in [-0.05, 0) is 19.1 Å². The number of halogens is 2. The van der Waals surface area contributed by atoms with Gasteiger partial charge in [-0.1, -0.05) is 0 Å². The summed E-state index contributed by atoms with van der Waals surface area (Å²) in [6.45, 7) is 1.90. The minimum Gasteiger partial charge on any atom is -0.396 e. The smallest absolute Gasteiger partial charge is 0.257 e. The fourth-order valence-corrected chi connectivity index (χ4v) is 1.36. The zero-order valence-corrected chi connectivity index (χ0v) is 9.59. The van der Waals surface area contributed by atoms with Crippen molar-refractivity contribution in [2.45, 2.75) is 13.0 Å². The minimum absolute atomic E-state index is 0.247. The third-order valence-corrected chi connectivity index (χ3v) is 2.14. The van der Waals surface area contributed by atoms with Crippen LogP contribution in [0.25, 0.3) is 0 Å². The SMILES string of the molecule is COCC(C)NC(=O)c1c(F)ccc(N)c1F. The first kappa shape index (κ1) is 13.4. The highest BCUT2D eigenvalue weighted by atomic mass is 19.1. The van der Waals surface area contributed by atoms with Gasteiger partial charge in [-0.25, -0.2) is 8.78 Å². The van der Waals surface area contributed by atoms with E-state index in [0.29, 0.717) is 0 Å². The molecule has 0 spiro atoms. The van der Waals surface area contributed by atoms with Crippen LogP contribution in [-0.4, -0.2) is 25.7 Å². The van der Waals surface area contributed by atoms with E-state index in [4.69, 9.17) is 10.5 Å². The summed E-state index contributed by atoms with van der Waals surface area (Å²) in [6, 6.07) is 1.67. The number of nitrogens with two attached hydrogens (primary N) is 1. The maximum atomic E-state index is 13.5. The summed E-state index contributed by atoms with van der Waals surface area (Å²) in [4.78, 5) is 11.6. The van der Waals surface area contributed by atoms with Crippen molar-refractivity contribution < 1.29 is 18.3 Å². The molecule has 0 heterocycles. The van der Waals surface area contributed by atoms with Gasteiger partial charge in [0.2, 0.25) is 0 Å². The molecular formula is C11H14F2N2O2. The predicted molar refractivity (Wildman–Crippen MR) is 59.6 cm³/mol. The number of carbonyl (C=O) groups is 1. The highest BCUT2D eigenvalue weighted by Gasteiger charge is 2.20. The Morgan fingerprint density at radius 2 is 2.18 bits per heavy atom. The number of nitrogens with one attached hydrogen (secondary N) is 1. The summed E-state index contributed by atoms with van der Waals surface area (Å²) in [6.07, 6.45) is 0. The number of anilines is 1. The average Bonchev–Trinajstić information content (AvgIpc) is 2.24. The summed E-state index contributed by atoms with van der Waals surface area (Å²) in [5.74, 6) is -2.84. The third kappa shape index (κ3) is 3.13. The monoisotopic (exact) mass is 244 g/mol. The molecule has 1 atom stereocenters. The molecule has 0 bridgehead atoms. The van der Waals surface area contributed by atoms with Gasteiger partial charge in [0.1, 0.15) is 11.4 Å². The quantitative estimate of drug-likeness (QED) is 0.785.